The number of carbonyl (C=O) groups is 2. The summed E-state index contributed by atoms with van der Waals surface area (Å²) in [6, 6.07) is 18.1. The summed E-state index contributed by atoms with van der Waals surface area (Å²) in [6.07, 6.45) is 0. The summed E-state index contributed by atoms with van der Waals surface area (Å²) in [6.45, 7) is 1.93. The van der Waals surface area contributed by atoms with Crippen LogP contribution in [0.5, 0.6) is 0 Å². The van der Waals surface area contributed by atoms with E-state index in [9.17, 15) is 14.4 Å². The van der Waals surface area contributed by atoms with Gasteiger partial charge >= 0.3 is 5.97 Å². The molecule has 33 heavy (non-hydrogen) atoms. The van der Waals surface area contributed by atoms with Gasteiger partial charge in [0.25, 0.3) is 5.91 Å². The van der Waals surface area contributed by atoms with Crippen LogP contribution in [-0.4, -0.2) is 19.0 Å². The number of nitrogens with zero attached hydrogens (tertiary/aromatic N) is 1. The van der Waals surface area contributed by atoms with Crippen LogP contribution in [-0.2, 0) is 4.74 Å². The van der Waals surface area contributed by atoms with E-state index < -0.39 is 17.9 Å². The molecular weight excluding hydrogens is 442 g/mol. The Balaban J connectivity index is 1.77. The molecule has 0 saturated heterocycles. The van der Waals surface area contributed by atoms with Crippen molar-refractivity contribution in [1.82, 2.24) is 0 Å². The summed E-state index contributed by atoms with van der Waals surface area (Å²) in [5.74, 6) is -0.884. The minimum Gasteiger partial charge on any atom is -0.465 e. The molecule has 0 spiro atoms. The molecular formula is C26H18ClNO5. The number of halogens is 1. The van der Waals surface area contributed by atoms with Gasteiger partial charge in [0.1, 0.15) is 5.58 Å². The average molecular weight is 460 g/mol. The van der Waals surface area contributed by atoms with Crippen molar-refractivity contribution in [2.45, 2.75) is 13.0 Å². The number of carbonyl (C=O) groups excluding carboxylic acids is 2. The van der Waals surface area contributed by atoms with Gasteiger partial charge in [0.2, 0.25) is 5.76 Å². The molecule has 4 aromatic rings. The van der Waals surface area contributed by atoms with Crippen LogP contribution in [0.15, 0.2) is 75.9 Å². The van der Waals surface area contributed by atoms with Crippen LogP contribution in [0.3, 0.4) is 0 Å². The standard InChI is InChI=1S/C26H18ClNO5/c1-14-4-3-5-18(12-14)28-22(15-6-8-16(9-7-15)26(31)32-2)21-23(29)19-13-17(27)10-11-20(19)33-24(21)25(28)30/h3-13,22H,1-2H3. The summed E-state index contributed by atoms with van der Waals surface area (Å²) in [5, 5.41) is 0.699. The summed E-state index contributed by atoms with van der Waals surface area (Å²) in [4.78, 5) is 40.6. The topological polar surface area (TPSA) is 76.8 Å². The van der Waals surface area contributed by atoms with E-state index in [0.717, 1.165) is 5.56 Å². The Labute approximate surface area is 194 Å². The minimum absolute atomic E-state index is 0.00151. The smallest absolute Gasteiger partial charge is 0.337 e. The fourth-order valence-corrected chi connectivity index (χ4v) is 4.40. The second-order valence-corrected chi connectivity index (χ2v) is 8.28. The fourth-order valence-electron chi connectivity index (χ4n) is 4.22. The zero-order chi connectivity index (χ0) is 23.3. The maximum Gasteiger partial charge on any atom is 0.337 e. The molecule has 1 atom stereocenters. The fraction of sp³-hybridized carbons (Fsp3) is 0.115. The molecule has 5 rings (SSSR count). The largest absolute Gasteiger partial charge is 0.465 e. The highest BCUT2D eigenvalue weighted by molar-refractivity contribution is 6.31. The number of ether oxygens (including phenoxy) is 1. The molecule has 3 aromatic carbocycles. The van der Waals surface area contributed by atoms with Gasteiger partial charge in [-0.3, -0.25) is 14.5 Å². The van der Waals surface area contributed by atoms with Crippen molar-refractivity contribution in [2.75, 3.05) is 12.0 Å². The Morgan fingerprint density at radius 2 is 1.79 bits per heavy atom. The normalized spacial score (nSPS) is 15.1. The Kier molecular flexibility index (Phi) is 5.02. The molecule has 1 aliphatic heterocycles. The Morgan fingerprint density at radius 1 is 1.03 bits per heavy atom. The van der Waals surface area contributed by atoms with Crippen LogP contribution < -0.4 is 10.3 Å². The van der Waals surface area contributed by atoms with E-state index in [-0.39, 0.29) is 16.8 Å². The third-order valence-corrected chi connectivity index (χ3v) is 5.99. The van der Waals surface area contributed by atoms with Crippen molar-refractivity contribution >= 4 is 40.1 Å². The monoisotopic (exact) mass is 459 g/mol. The molecule has 0 bridgehead atoms. The first kappa shape index (κ1) is 21.0. The van der Waals surface area contributed by atoms with Crippen molar-refractivity contribution in [2.24, 2.45) is 0 Å². The number of fused-ring (bicyclic) bond motifs is 2. The van der Waals surface area contributed by atoms with E-state index in [1.54, 1.807) is 47.4 Å². The van der Waals surface area contributed by atoms with Gasteiger partial charge in [-0.15, -0.1) is 0 Å². The van der Waals surface area contributed by atoms with Crippen LogP contribution in [0.25, 0.3) is 11.0 Å². The molecule has 164 valence electrons. The quantitative estimate of drug-likeness (QED) is 0.389. The van der Waals surface area contributed by atoms with Gasteiger partial charge in [-0.05, 0) is 60.5 Å². The molecule has 6 nitrogen and oxygen atoms in total. The zero-order valence-electron chi connectivity index (χ0n) is 17.8. The zero-order valence-corrected chi connectivity index (χ0v) is 18.6. The lowest BCUT2D eigenvalue weighted by molar-refractivity contribution is 0.0600. The van der Waals surface area contributed by atoms with E-state index in [1.807, 2.05) is 31.2 Å². The molecule has 7 heteroatoms. The molecule has 1 aliphatic rings. The Hall–Kier alpha value is -3.90. The summed E-state index contributed by atoms with van der Waals surface area (Å²) >= 11 is 6.12. The van der Waals surface area contributed by atoms with Gasteiger partial charge in [-0.2, -0.15) is 0 Å². The summed E-state index contributed by atoms with van der Waals surface area (Å²) < 4.78 is 10.7. The van der Waals surface area contributed by atoms with Crippen molar-refractivity contribution < 1.29 is 18.7 Å². The number of anilines is 1. The van der Waals surface area contributed by atoms with Crippen LogP contribution in [0, 0.1) is 6.92 Å². The molecule has 1 aromatic heterocycles. The number of rotatable bonds is 3. The third kappa shape index (κ3) is 3.39. The molecule has 0 aliphatic carbocycles. The van der Waals surface area contributed by atoms with Crippen molar-refractivity contribution in [3.8, 4) is 0 Å². The predicted molar refractivity (Wildman–Crippen MR) is 125 cm³/mol. The average Bonchev–Trinajstić information content (AvgIpc) is 3.11. The lowest BCUT2D eigenvalue weighted by Gasteiger charge is -2.25. The predicted octanol–water partition coefficient (Wildman–Crippen LogP) is 5.29. The maximum absolute atomic E-state index is 13.6. The SMILES string of the molecule is COC(=O)c1ccc(C2c3c(oc4ccc(Cl)cc4c3=O)C(=O)N2c2cccc(C)c2)cc1. The Morgan fingerprint density at radius 3 is 2.48 bits per heavy atom. The number of amides is 1. The molecule has 0 fully saturated rings. The van der Waals surface area contributed by atoms with Crippen LogP contribution in [0.1, 0.15) is 43.6 Å². The van der Waals surface area contributed by atoms with Gasteiger partial charge in [0, 0.05) is 10.7 Å². The molecule has 0 radical (unpaired) electrons. The molecule has 0 N–H and O–H groups in total. The second-order valence-electron chi connectivity index (χ2n) is 7.84. The first-order valence-corrected chi connectivity index (χ1v) is 10.6. The van der Waals surface area contributed by atoms with Crippen molar-refractivity contribution in [3.63, 3.8) is 0 Å². The minimum atomic E-state index is -0.736. The van der Waals surface area contributed by atoms with Gasteiger partial charge in [-0.25, -0.2) is 4.79 Å². The van der Waals surface area contributed by atoms with Crippen molar-refractivity contribution in [1.29, 1.82) is 0 Å². The number of aryl methyl sites for hydroxylation is 1. The lowest BCUT2D eigenvalue weighted by Crippen LogP contribution is -2.29. The highest BCUT2D eigenvalue weighted by Crippen LogP contribution is 2.41. The highest BCUT2D eigenvalue weighted by atomic mass is 35.5. The number of methoxy groups -OCH3 is 1. The highest BCUT2D eigenvalue weighted by Gasteiger charge is 2.43. The van der Waals surface area contributed by atoms with E-state index in [2.05, 4.69) is 0 Å². The van der Waals surface area contributed by atoms with Crippen molar-refractivity contribution in [3.05, 3.63) is 110 Å². The number of hydrogen-bond acceptors (Lipinski definition) is 5. The molecule has 1 amide bonds. The molecule has 1 unspecified atom stereocenters. The van der Waals surface area contributed by atoms with Gasteiger partial charge in [0.15, 0.2) is 5.43 Å². The van der Waals surface area contributed by atoms with E-state index in [1.165, 1.54) is 7.11 Å². The van der Waals surface area contributed by atoms with Gasteiger partial charge in [-0.1, -0.05) is 35.9 Å². The Bertz CT molecular complexity index is 1490. The van der Waals surface area contributed by atoms with Gasteiger partial charge < -0.3 is 9.15 Å². The van der Waals surface area contributed by atoms with Crippen LogP contribution in [0.4, 0.5) is 5.69 Å². The van der Waals surface area contributed by atoms with Gasteiger partial charge in [0.05, 0.1) is 29.7 Å². The second kappa shape index (κ2) is 7.90. The molecule has 2 heterocycles. The van der Waals surface area contributed by atoms with Crippen LogP contribution in [0.2, 0.25) is 5.02 Å². The first-order chi connectivity index (χ1) is 15.9. The van der Waals surface area contributed by atoms with E-state index in [4.69, 9.17) is 20.8 Å². The summed E-state index contributed by atoms with van der Waals surface area (Å²) in [5.41, 5.74) is 2.83. The lowest BCUT2D eigenvalue weighted by atomic mass is 9.97. The summed E-state index contributed by atoms with van der Waals surface area (Å²) in [7, 11) is 1.31. The van der Waals surface area contributed by atoms with Crippen LogP contribution >= 0.6 is 11.6 Å². The number of hydrogen-bond donors (Lipinski definition) is 0. The van der Waals surface area contributed by atoms with E-state index in [0.29, 0.717) is 32.8 Å². The maximum atomic E-state index is 13.6. The number of benzene rings is 3. The third-order valence-electron chi connectivity index (χ3n) is 5.76. The number of esters is 1. The van der Waals surface area contributed by atoms with E-state index >= 15 is 0 Å². The molecule has 0 saturated carbocycles. The first-order valence-electron chi connectivity index (χ1n) is 10.2.